The highest BCUT2D eigenvalue weighted by molar-refractivity contribution is 6.35. The van der Waals surface area contributed by atoms with Crippen LogP contribution in [0.4, 0.5) is 11.8 Å². The molecule has 3 rings (SSSR count). The van der Waals surface area contributed by atoms with Crippen LogP contribution < -0.4 is 10.2 Å². The molecule has 1 saturated heterocycles. The van der Waals surface area contributed by atoms with Crippen molar-refractivity contribution in [1.82, 2.24) is 20.1 Å². The fourth-order valence-electron chi connectivity index (χ4n) is 2.82. The van der Waals surface area contributed by atoms with E-state index in [9.17, 15) is 14.7 Å². The molecule has 0 saturated carbocycles. The number of carbonyl (C=O) groups is 2. The second-order valence-electron chi connectivity index (χ2n) is 6.22. The van der Waals surface area contributed by atoms with Crippen LogP contribution in [0.2, 0.25) is 10.0 Å². The highest BCUT2D eigenvalue weighted by Crippen LogP contribution is 2.23. The SMILES string of the molecule is C=CC(=O)N1CCN(c2nnc(C(=O)O)c(NCc3ccc(Cl)cc3Cl)n2)CC1. The number of rotatable bonds is 6. The highest BCUT2D eigenvalue weighted by atomic mass is 35.5. The Kier molecular flexibility index (Phi) is 6.50. The number of hydrogen-bond donors (Lipinski definition) is 2. The first-order chi connectivity index (χ1) is 13.9. The van der Waals surface area contributed by atoms with Gasteiger partial charge in [-0.15, -0.1) is 10.2 Å². The molecule has 0 aliphatic carbocycles. The van der Waals surface area contributed by atoms with Crippen LogP contribution >= 0.6 is 23.2 Å². The number of aromatic carboxylic acids is 1. The average molecular weight is 437 g/mol. The van der Waals surface area contributed by atoms with Crippen LogP contribution in [-0.4, -0.2) is 63.2 Å². The van der Waals surface area contributed by atoms with Gasteiger partial charge >= 0.3 is 5.97 Å². The summed E-state index contributed by atoms with van der Waals surface area (Å²) in [4.78, 5) is 31.0. The average Bonchev–Trinajstić information content (AvgIpc) is 2.72. The smallest absolute Gasteiger partial charge is 0.360 e. The number of hydrogen-bond acceptors (Lipinski definition) is 7. The number of anilines is 2. The number of carboxylic acid groups (broad SMARTS) is 1. The maximum Gasteiger partial charge on any atom is 0.360 e. The maximum atomic E-state index is 11.7. The van der Waals surface area contributed by atoms with Gasteiger partial charge in [-0.1, -0.05) is 35.8 Å². The second-order valence-corrected chi connectivity index (χ2v) is 7.06. The molecule has 1 aliphatic rings. The fourth-order valence-corrected chi connectivity index (χ4v) is 3.29. The van der Waals surface area contributed by atoms with Crippen molar-refractivity contribution in [2.45, 2.75) is 6.54 Å². The molecule has 0 bridgehead atoms. The quantitative estimate of drug-likeness (QED) is 0.663. The van der Waals surface area contributed by atoms with Crippen LogP contribution in [0.1, 0.15) is 16.1 Å². The van der Waals surface area contributed by atoms with Gasteiger partial charge in [-0.05, 0) is 23.8 Å². The third kappa shape index (κ3) is 4.93. The number of nitrogens with zero attached hydrogens (tertiary/aromatic N) is 5. The van der Waals surface area contributed by atoms with Crippen LogP contribution in [-0.2, 0) is 11.3 Å². The standard InChI is InChI=1S/C18H18Cl2N6O3/c1-2-14(27)25-5-7-26(8-6-25)18-22-16(15(17(28)29)23-24-18)21-10-11-3-4-12(19)9-13(11)20/h2-4,9H,1,5-8,10H2,(H,28,29)(H,21,22,24). The fraction of sp³-hybridized carbons (Fsp3) is 0.278. The molecule has 1 aromatic carbocycles. The van der Waals surface area contributed by atoms with Gasteiger partial charge in [0.2, 0.25) is 17.5 Å². The van der Waals surface area contributed by atoms with E-state index in [-0.39, 0.29) is 29.9 Å². The van der Waals surface area contributed by atoms with E-state index in [0.717, 1.165) is 5.56 Å². The van der Waals surface area contributed by atoms with Crippen LogP contribution in [0.15, 0.2) is 30.9 Å². The number of aromatic nitrogens is 3. The number of benzene rings is 1. The zero-order valence-electron chi connectivity index (χ0n) is 15.3. The minimum atomic E-state index is -1.25. The minimum absolute atomic E-state index is 0.0816. The predicted octanol–water partition coefficient (Wildman–Crippen LogP) is 2.32. The van der Waals surface area contributed by atoms with Crippen molar-refractivity contribution in [2.24, 2.45) is 0 Å². The van der Waals surface area contributed by atoms with E-state index in [0.29, 0.717) is 36.2 Å². The predicted molar refractivity (Wildman–Crippen MR) is 110 cm³/mol. The monoisotopic (exact) mass is 436 g/mol. The van der Waals surface area contributed by atoms with E-state index in [4.69, 9.17) is 23.2 Å². The maximum absolute atomic E-state index is 11.7. The summed E-state index contributed by atoms with van der Waals surface area (Å²) in [5, 5.41) is 21.0. The van der Waals surface area contributed by atoms with Crippen molar-refractivity contribution in [3.8, 4) is 0 Å². The first kappa shape index (κ1) is 20.8. The van der Waals surface area contributed by atoms with E-state index >= 15 is 0 Å². The Hall–Kier alpha value is -2.91. The van der Waals surface area contributed by atoms with Crippen LogP contribution in [0, 0.1) is 0 Å². The van der Waals surface area contributed by atoms with E-state index in [2.05, 4.69) is 27.1 Å². The molecular formula is C18H18Cl2N6O3. The summed E-state index contributed by atoms with van der Waals surface area (Å²) in [6.45, 7) is 5.68. The number of amides is 1. The Morgan fingerprint density at radius 1 is 1.21 bits per heavy atom. The lowest BCUT2D eigenvalue weighted by molar-refractivity contribution is -0.126. The Morgan fingerprint density at radius 3 is 2.55 bits per heavy atom. The Bertz CT molecular complexity index is 947. The van der Waals surface area contributed by atoms with Crippen LogP contribution in [0.5, 0.6) is 0 Å². The molecule has 0 unspecified atom stereocenters. The van der Waals surface area contributed by atoms with Crippen LogP contribution in [0.25, 0.3) is 0 Å². The van der Waals surface area contributed by atoms with Crippen molar-refractivity contribution in [2.75, 3.05) is 36.4 Å². The van der Waals surface area contributed by atoms with Crippen molar-refractivity contribution in [1.29, 1.82) is 0 Å². The highest BCUT2D eigenvalue weighted by Gasteiger charge is 2.24. The molecule has 11 heteroatoms. The molecule has 1 aliphatic heterocycles. The molecule has 2 heterocycles. The zero-order chi connectivity index (χ0) is 21.0. The summed E-state index contributed by atoms with van der Waals surface area (Å²) < 4.78 is 0. The Morgan fingerprint density at radius 2 is 1.93 bits per heavy atom. The molecular weight excluding hydrogens is 419 g/mol. The summed E-state index contributed by atoms with van der Waals surface area (Å²) in [5.74, 6) is -1.02. The normalized spacial score (nSPS) is 13.9. The lowest BCUT2D eigenvalue weighted by Gasteiger charge is -2.34. The van der Waals surface area contributed by atoms with Gasteiger partial charge in [-0.25, -0.2) is 4.79 Å². The van der Waals surface area contributed by atoms with Gasteiger partial charge in [-0.3, -0.25) is 4.79 Å². The molecule has 152 valence electrons. The van der Waals surface area contributed by atoms with Crippen molar-refractivity contribution >= 4 is 46.8 Å². The molecule has 2 N–H and O–H groups in total. The molecule has 0 radical (unpaired) electrons. The molecule has 1 aromatic heterocycles. The van der Waals surface area contributed by atoms with Gasteiger partial charge in [0.15, 0.2) is 5.82 Å². The molecule has 1 amide bonds. The second kappa shape index (κ2) is 9.06. The topological polar surface area (TPSA) is 112 Å². The minimum Gasteiger partial charge on any atom is -0.476 e. The lowest BCUT2D eigenvalue weighted by atomic mass is 10.2. The first-order valence-corrected chi connectivity index (χ1v) is 9.46. The summed E-state index contributed by atoms with van der Waals surface area (Å²) in [7, 11) is 0. The molecule has 9 nitrogen and oxygen atoms in total. The Balaban J connectivity index is 1.77. The summed E-state index contributed by atoms with van der Waals surface area (Å²) >= 11 is 12.1. The van der Waals surface area contributed by atoms with Gasteiger partial charge < -0.3 is 20.2 Å². The first-order valence-electron chi connectivity index (χ1n) is 8.71. The van der Waals surface area contributed by atoms with Gasteiger partial charge in [0.05, 0.1) is 0 Å². The molecule has 0 atom stereocenters. The summed E-state index contributed by atoms with van der Waals surface area (Å²) in [6, 6.07) is 5.03. The zero-order valence-corrected chi connectivity index (χ0v) is 16.8. The van der Waals surface area contributed by atoms with Crippen molar-refractivity contribution < 1.29 is 14.7 Å². The van der Waals surface area contributed by atoms with E-state index < -0.39 is 5.97 Å². The number of piperazine rings is 1. The number of halogens is 2. The van der Waals surface area contributed by atoms with E-state index in [1.165, 1.54) is 6.08 Å². The largest absolute Gasteiger partial charge is 0.476 e. The van der Waals surface area contributed by atoms with Gasteiger partial charge in [0, 0.05) is 42.8 Å². The Labute approximate surface area is 176 Å². The van der Waals surface area contributed by atoms with Gasteiger partial charge in [0.1, 0.15) is 0 Å². The number of carboxylic acids is 1. The summed E-state index contributed by atoms with van der Waals surface area (Å²) in [5.41, 5.74) is 0.434. The number of nitrogens with one attached hydrogen (secondary N) is 1. The van der Waals surface area contributed by atoms with E-state index in [1.807, 2.05) is 4.90 Å². The lowest BCUT2D eigenvalue weighted by Crippen LogP contribution is -2.49. The van der Waals surface area contributed by atoms with Crippen molar-refractivity contribution in [3.63, 3.8) is 0 Å². The third-order valence-electron chi connectivity index (χ3n) is 4.39. The molecule has 0 spiro atoms. The number of carbonyl (C=O) groups excluding carboxylic acids is 1. The molecule has 2 aromatic rings. The van der Waals surface area contributed by atoms with E-state index in [1.54, 1.807) is 23.1 Å². The summed E-state index contributed by atoms with van der Waals surface area (Å²) in [6.07, 6.45) is 1.28. The van der Waals surface area contributed by atoms with Crippen LogP contribution in [0.3, 0.4) is 0 Å². The van der Waals surface area contributed by atoms with Gasteiger partial charge in [0.25, 0.3) is 0 Å². The van der Waals surface area contributed by atoms with Gasteiger partial charge in [-0.2, -0.15) is 4.98 Å². The third-order valence-corrected chi connectivity index (χ3v) is 4.98. The molecule has 29 heavy (non-hydrogen) atoms. The van der Waals surface area contributed by atoms with Crippen molar-refractivity contribution in [3.05, 3.63) is 52.2 Å². The molecule has 1 fully saturated rings.